The zero-order valence-electron chi connectivity index (χ0n) is 35.1. The van der Waals surface area contributed by atoms with Crippen molar-refractivity contribution in [1.82, 2.24) is 15.1 Å². The van der Waals surface area contributed by atoms with Crippen molar-refractivity contribution in [2.45, 2.75) is 95.6 Å². The average Bonchev–Trinajstić information content (AvgIpc) is 3.73. The SMILES string of the molecule is CCC12C[C@@H]([C@H](C#N)N3CCc4c(OC)c(C)c(OC)c(O)c4[C@@H]3CNC(=O)c3cc4cc(OC5CCOCC5)ccc4o3)N1[C@@H](C)c1c(O)c(OC)c(C)c(OC)c12. The number of benzene rings is 3. The number of carbonyl (C=O) groups is 1. The number of furan rings is 1. The Morgan fingerprint density at radius 3 is 2.29 bits per heavy atom. The van der Waals surface area contributed by atoms with Crippen LogP contribution in [0.2, 0.25) is 0 Å². The predicted octanol–water partition coefficient (Wildman–Crippen LogP) is 6.73. The summed E-state index contributed by atoms with van der Waals surface area (Å²) in [6.07, 6.45) is 3.52. The first-order chi connectivity index (χ1) is 28.5. The Hall–Kier alpha value is -5.36. The third-order valence-corrected chi connectivity index (χ3v) is 13.3. The molecule has 4 aromatic rings. The number of rotatable bonds is 12. The molecule has 3 aromatic carbocycles. The fourth-order valence-electron chi connectivity index (χ4n) is 10.7. The van der Waals surface area contributed by atoms with Gasteiger partial charge >= 0.3 is 0 Å². The minimum Gasteiger partial charge on any atom is -0.504 e. The molecule has 1 amide bonds. The smallest absolute Gasteiger partial charge is 0.287 e. The molecular weight excluding hydrogens is 757 g/mol. The van der Waals surface area contributed by atoms with Gasteiger partial charge in [0.05, 0.1) is 59.3 Å². The van der Waals surface area contributed by atoms with Gasteiger partial charge in [-0.25, -0.2) is 0 Å². The number of nitriles is 1. The van der Waals surface area contributed by atoms with Crippen LogP contribution in [0.1, 0.15) is 95.5 Å². The van der Waals surface area contributed by atoms with Crippen LogP contribution in [0.25, 0.3) is 11.0 Å². The monoisotopic (exact) mass is 810 g/mol. The van der Waals surface area contributed by atoms with E-state index >= 15 is 0 Å². The summed E-state index contributed by atoms with van der Waals surface area (Å²) in [4.78, 5) is 18.4. The Balaban J connectivity index is 1.13. The van der Waals surface area contributed by atoms with Crippen molar-refractivity contribution < 1.29 is 47.8 Å². The summed E-state index contributed by atoms with van der Waals surface area (Å²) in [5.41, 5.74) is 4.45. The maximum absolute atomic E-state index is 14.0. The number of aromatic hydroxyl groups is 2. The molecular formula is C45H54N4O10. The van der Waals surface area contributed by atoms with Gasteiger partial charge in [-0.15, -0.1) is 0 Å². The second kappa shape index (κ2) is 15.7. The number of hydrogen-bond acceptors (Lipinski definition) is 13. The molecule has 1 aromatic heterocycles. The van der Waals surface area contributed by atoms with E-state index in [-0.39, 0.29) is 47.7 Å². The van der Waals surface area contributed by atoms with Crippen LogP contribution in [0.4, 0.5) is 0 Å². The van der Waals surface area contributed by atoms with Crippen molar-refractivity contribution in [2.75, 3.05) is 54.7 Å². The van der Waals surface area contributed by atoms with Gasteiger partial charge in [0.2, 0.25) is 0 Å². The molecule has 4 aliphatic rings. The van der Waals surface area contributed by atoms with Crippen LogP contribution in [0.15, 0.2) is 28.7 Å². The van der Waals surface area contributed by atoms with Crippen molar-refractivity contribution in [1.29, 1.82) is 5.26 Å². The molecule has 0 aliphatic carbocycles. The minimum absolute atomic E-state index is 0.0362. The molecule has 4 aliphatic heterocycles. The average molecular weight is 811 g/mol. The molecule has 2 saturated heterocycles. The van der Waals surface area contributed by atoms with Gasteiger partial charge in [0.15, 0.2) is 28.8 Å². The molecule has 3 N–H and O–H groups in total. The highest BCUT2D eigenvalue weighted by molar-refractivity contribution is 5.96. The van der Waals surface area contributed by atoms with Gasteiger partial charge in [-0.1, -0.05) is 6.92 Å². The molecule has 0 radical (unpaired) electrons. The Bertz CT molecular complexity index is 2330. The molecule has 314 valence electrons. The first-order valence-electron chi connectivity index (χ1n) is 20.4. The first-order valence-corrected chi connectivity index (χ1v) is 20.4. The predicted molar refractivity (Wildman–Crippen MR) is 218 cm³/mol. The number of ether oxygens (including phenoxy) is 6. The van der Waals surface area contributed by atoms with Crippen LogP contribution in [0.3, 0.4) is 0 Å². The number of phenols is 2. The largest absolute Gasteiger partial charge is 0.504 e. The van der Waals surface area contributed by atoms with Gasteiger partial charge in [-0.3, -0.25) is 14.6 Å². The third kappa shape index (κ3) is 6.19. The van der Waals surface area contributed by atoms with Crippen molar-refractivity contribution in [2.24, 2.45) is 0 Å². The number of hydrogen-bond donors (Lipinski definition) is 3. The quantitative estimate of drug-likeness (QED) is 0.138. The van der Waals surface area contributed by atoms with Gasteiger partial charge in [0.1, 0.15) is 35.0 Å². The van der Waals surface area contributed by atoms with E-state index in [9.17, 15) is 20.3 Å². The molecule has 14 nitrogen and oxygen atoms in total. The third-order valence-electron chi connectivity index (χ3n) is 13.3. The highest BCUT2D eigenvalue weighted by Gasteiger charge is 2.64. The van der Waals surface area contributed by atoms with E-state index < -0.39 is 23.5 Å². The fraction of sp³-hybridized carbons (Fsp3) is 0.511. The molecule has 5 heterocycles. The number of carbonyl (C=O) groups excluding carboxylic acids is 1. The fourth-order valence-corrected chi connectivity index (χ4v) is 10.7. The summed E-state index contributed by atoms with van der Waals surface area (Å²) in [6.45, 7) is 9.70. The maximum atomic E-state index is 14.0. The number of amides is 1. The second-order valence-electron chi connectivity index (χ2n) is 16.0. The first kappa shape index (κ1) is 40.4. The number of nitrogens with zero attached hydrogens (tertiary/aromatic N) is 3. The lowest BCUT2D eigenvalue weighted by molar-refractivity contribution is -0.120. The van der Waals surface area contributed by atoms with Crippen LogP contribution in [0.5, 0.6) is 40.2 Å². The van der Waals surface area contributed by atoms with Gasteiger partial charge in [-0.05, 0) is 64.3 Å². The van der Waals surface area contributed by atoms with Gasteiger partial charge in [0.25, 0.3) is 5.91 Å². The molecule has 0 bridgehead atoms. The highest BCUT2D eigenvalue weighted by atomic mass is 16.5. The zero-order valence-corrected chi connectivity index (χ0v) is 35.1. The van der Waals surface area contributed by atoms with Crippen LogP contribution < -0.4 is 29.0 Å². The zero-order chi connectivity index (χ0) is 41.9. The summed E-state index contributed by atoms with van der Waals surface area (Å²) >= 11 is 0. The number of fused-ring (bicyclic) bond motifs is 5. The van der Waals surface area contributed by atoms with E-state index in [0.29, 0.717) is 72.3 Å². The molecule has 5 atom stereocenters. The van der Waals surface area contributed by atoms with E-state index in [0.717, 1.165) is 46.9 Å². The lowest BCUT2D eigenvalue weighted by Gasteiger charge is -2.60. The Labute approximate surface area is 344 Å². The van der Waals surface area contributed by atoms with E-state index in [1.807, 2.05) is 32.9 Å². The van der Waals surface area contributed by atoms with E-state index in [2.05, 4.69) is 28.1 Å². The molecule has 14 heteroatoms. The maximum Gasteiger partial charge on any atom is 0.287 e. The summed E-state index contributed by atoms with van der Waals surface area (Å²) < 4.78 is 41.0. The topological polar surface area (TPSA) is 168 Å². The van der Waals surface area contributed by atoms with Crippen molar-refractivity contribution >= 4 is 16.9 Å². The summed E-state index contributed by atoms with van der Waals surface area (Å²) in [7, 11) is 6.26. The second-order valence-corrected chi connectivity index (χ2v) is 16.0. The van der Waals surface area contributed by atoms with Gasteiger partial charge in [-0.2, -0.15) is 5.26 Å². The van der Waals surface area contributed by atoms with Crippen LogP contribution in [-0.2, 0) is 16.7 Å². The summed E-state index contributed by atoms with van der Waals surface area (Å²) in [5.74, 6) is 2.33. The van der Waals surface area contributed by atoms with Crippen LogP contribution in [-0.4, -0.2) is 98.9 Å². The molecule has 2 fully saturated rings. The van der Waals surface area contributed by atoms with Gasteiger partial charge in [0, 0.05) is 76.8 Å². The van der Waals surface area contributed by atoms with Crippen LogP contribution in [0, 0.1) is 25.2 Å². The normalized spacial score (nSPS) is 23.3. The van der Waals surface area contributed by atoms with Crippen molar-refractivity contribution in [3.8, 4) is 46.3 Å². The van der Waals surface area contributed by atoms with E-state index in [1.54, 1.807) is 26.4 Å². The Morgan fingerprint density at radius 2 is 1.64 bits per heavy atom. The van der Waals surface area contributed by atoms with Gasteiger partial charge < -0.3 is 48.4 Å². The lowest BCUT2D eigenvalue weighted by Crippen LogP contribution is -2.68. The summed E-state index contributed by atoms with van der Waals surface area (Å²) in [6, 6.07) is 7.96. The summed E-state index contributed by atoms with van der Waals surface area (Å²) in [5, 5.41) is 38.6. The van der Waals surface area contributed by atoms with Crippen LogP contribution >= 0.6 is 0 Å². The molecule has 0 saturated carbocycles. The molecule has 0 spiro atoms. The standard InChI is InChI=1S/C45H54N4O10/c1-9-45-20-30(49(45)25(4)35-37(45)41(54-6)24(3)43(56-8)38(35)50)31(21-46)48-15-12-29-36(39(51)42(55-7)23(2)40(29)53-5)32(48)22-47-44(52)34-19-26-18-28(10-11-33(26)59-34)58-27-13-16-57-17-14-27/h10-11,18-19,25,27,30-32,50-51H,9,12-17,20,22H2,1-8H3,(H,47,52)/t25-,30-,31-,32-,45?/m0/s1. The molecule has 8 rings (SSSR count). The Morgan fingerprint density at radius 1 is 0.983 bits per heavy atom. The Kier molecular flexibility index (Phi) is 10.7. The number of phenolic OH excluding ortho intramolecular Hbond substituents is 2. The highest BCUT2D eigenvalue weighted by Crippen LogP contribution is 2.66. The molecule has 59 heavy (non-hydrogen) atoms. The van der Waals surface area contributed by atoms with Crippen molar-refractivity contribution in [3.05, 3.63) is 63.4 Å². The van der Waals surface area contributed by atoms with E-state index in [1.165, 1.54) is 14.2 Å². The lowest BCUT2D eigenvalue weighted by atomic mass is 9.70. The van der Waals surface area contributed by atoms with E-state index in [4.69, 9.17) is 32.8 Å². The number of nitrogens with one attached hydrogen (secondary N) is 1. The van der Waals surface area contributed by atoms with Crippen molar-refractivity contribution in [3.63, 3.8) is 0 Å². The minimum atomic E-state index is -0.685. The molecule has 1 unspecified atom stereocenters. The number of methoxy groups -OCH3 is 4.